The second kappa shape index (κ2) is 7.16. The summed E-state index contributed by atoms with van der Waals surface area (Å²) in [6.07, 6.45) is 2.09. The predicted octanol–water partition coefficient (Wildman–Crippen LogP) is 3.03. The van der Waals surface area contributed by atoms with Crippen LogP contribution in [0.15, 0.2) is 53.6 Å². The lowest BCUT2D eigenvalue weighted by Crippen LogP contribution is -2.40. The molecule has 1 N–H and O–H groups in total. The zero-order chi connectivity index (χ0) is 19.9. The molecular weight excluding hydrogens is 398 g/mol. The molecule has 1 aliphatic heterocycles. The number of carboxylic acids is 1. The van der Waals surface area contributed by atoms with Crippen LogP contribution in [-0.4, -0.2) is 39.6 Å². The maximum absolute atomic E-state index is 12.8. The Hall–Kier alpha value is -2.49. The van der Waals surface area contributed by atoms with Gasteiger partial charge in [-0.3, -0.25) is 9.48 Å². The first-order chi connectivity index (χ1) is 13.4. The van der Waals surface area contributed by atoms with Gasteiger partial charge in [0.1, 0.15) is 11.7 Å². The Morgan fingerprint density at radius 1 is 1.29 bits per heavy atom. The molecule has 7 nitrogen and oxygen atoms in total. The van der Waals surface area contributed by atoms with Gasteiger partial charge in [-0.25, -0.2) is 8.42 Å². The van der Waals surface area contributed by atoms with Gasteiger partial charge in [-0.1, -0.05) is 37.3 Å². The van der Waals surface area contributed by atoms with Gasteiger partial charge >= 0.3 is 5.97 Å². The molecule has 0 amide bonds. The van der Waals surface area contributed by atoms with Crippen LogP contribution in [0.3, 0.4) is 0 Å². The van der Waals surface area contributed by atoms with Crippen molar-refractivity contribution in [3.05, 3.63) is 59.1 Å². The summed E-state index contributed by atoms with van der Waals surface area (Å²) in [4.78, 5) is 13.0. The number of carboxylic acid groups (broad SMARTS) is 1. The number of nitrogens with zero attached hydrogens (tertiary/aromatic N) is 3. The van der Waals surface area contributed by atoms with Crippen LogP contribution in [0.25, 0.3) is 10.6 Å². The summed E-state index contributed by atoms with van der Waals surface area (Å²) in [6, 6.07) is 12.4. The molecule has 2 aromatic heterocycles. The van der Waals surface area contributed by atoms with Crippen molar-refractivity contribution in [2.45, 2.75) is 37.4 Å². The molecule has 0 bridgehead atoms. The highest BCUT2D eigenvalue weighted by Gasteiger charge is 2.43. The number of carbonyl (C=O) groups is 1. The number of aromatic nitrogens is 2. The molecule has 3 heterocycles. The molecule has 9 heteroatoms. The van der Waals surface area contributed by atoms with Crippen LogP contribution in [0.5, 0.6) is 0 Å². The molecule has 3 aromatic rings. The quantitative estimate of drug-likeness (QED) is 0.666. The third-order valence-corrected chi connectivity index (χ3v) is 7.95. The molecule has 0 saturated heterocycles. The van der Waals surface area contributed by atoms with Crippen LogP contribution in [0.2, 0.25) is 0 Å². The van der Waals surface area contributed by atoms with Crippen molar-refractivity contribution in [1.29, 1.82) is 0 Å². The smallest absolute Gasteiger partial charge is 0.322 e. The molecule has 146 valence electrons. The normalized spacial score (nSPS) is 16.8. The van der Waals surface area contributed by atoms with E-state index in [0.717, 1.165) is 14.7 Å². The summed E-state index contributed by atoms with van der Waals surface area (Å²) in [6.45, 7) is 2.40. The van der Waals surface area contributed by atoms with E-state index in [4.69, 9.17) is 0 Å². The molecule has 4 rings (SSSR count). The molecule has 0 spiro atoms. The van der Waals surface area contributed by atoms with Crippen LogP contribution in [-0.2, 0) is 27.9 Å². The lowest BCUT2D eigenvalue weighted by atomic mass is 10.2. The van der Waals surface area contributed by atoms with Crippen molar-refractivity contribution >= 4 is 27.3 Å². The number of rotatable bonds is 6. The van der Waals surface area contributed by atoms with Gasteiger partial charge in [0.15, 0.2) is 0 Å². The maximum Gasteiger partial charge on any atom is 0.322 e. The Labute approximate surface area is 166 Å². The highest BCUT2D eigenvalue weighted by Crippen LogP contribution is 2.41. The molecule has 1 unspecified atom stereocenters. The standard InChI is InChI=1S/C19H19N3O4S2/c1-2-15(19(23)24)22-12-17-18(28(22,25)26)10-16(27-17)14-8-9-21(20-14)11-13-6-4-3-5-7-13/h3-10,15H,2,11-12H2,1H3,(H,23,24). The van der Waals surface area contributed by atoms with Crippen LogP contribution in [0.1, 0.15) is 23.8 Å². The van der Waals surface area contributed by atoms with Gasteiger partial charge in [0.2, 0.25) is 10.0 Å². The lowest BCUT2D eigenvalue weighted by Gasteiger charge is -2.21. The fourth-order valence-electron chi connectivity index (χ4n) is 3.35. The number of hydrogen-bond acceptors (Lipinski definition) is 5. The molecule has 1 aliphatic rings. The Morgan fingerprint density at radius 3 is 2.68 bits per heavy atom. The van der Waals surface area contributed by atoms with Crippen LogP contribution in [0, 0.1) is 0 Å². The largest absolute Gasteiger partial charge is 0.480 e. The zero-order valence-corrected chi connectivity index (χ0v) is 16.8. The van der Waals surface area contributed by atoms with E-state index in [0.29, 0.717) is 17.1 Å². The van der Waals surface area contributed by atoms with Crippen LogP contribution < -0.4 is 0 Å². The Bertz CT molecular complexity index is 1120. The van der Waals surface area contributed by atoms with E-state index in [-0.39, 0.29) is 17.9 Å². The number of fused-ring (bicyclic) bond motifs is 1. The molecule has 1 atom stereocenters. The summed E-state index contributed by atoms with van der Waals surface area (Å²) >= 11 is 1.35. The average molecular weight is 418 g/mol. The van der Waals surface area contributed by atoms with Gasteiger partial charge in [0, 0.05) is 11.1 Å². The minimum Gasteiger partial charge on any atom is -0.480 e. The first-order valence-corrected chi connectivity index (χ1v) is 11.1. The minimum atomic E-state index is -3.80. The van der Waals surface area contributed by atoms with Crippen LogP contribution >= 0.6 is 11.3 Å². The summed E-state index contributed by atoms with van der Waals surface area (Å²) in [5.41, 5.74) is 1.84. The van der Waals surface area contributed by atoms with Gasteiger partial charge in [0.25, 0.3) is 0 Å². The number of benzene rings is 1. The number of sulfonamides is 1. The number of hydrogen-bond donors (Lipinski definition) is 1. The lowest BCUT2D eigenvalue weighted by molar-refractivity contribution is -0.141. The first kappa shape index (κ1) is 18.9. The number of thiophene rings is 1. The zero-order valence-electron chi connectivity index (χ0n) is 15.1. The maximum atomic E-state index is 12.8. The summed E-state index contributed by atoms with van der Waals surface area (Å²) in [5, 5.41) is 13.9. The van der Waals surface area contributed by atoms with Gasteiger partial charge < -0.3 is 5.11 Å². The molecule has 0 radical (unpaired) electrons. The van der Waals surface area contributed by atoms with Gasteiger partial charge in [-0.05, 0) is 24.1 Å². The van der Waals surface area contributed by atoms with Crippen molar-refractivity contribution in [2.75, 3.05) is 0 Å². The average Bonchev–Trinajstić information content (AvgIpc) is 3.33. The summed E-state index contributed by atoms with van der Waals surface area (Å²) in [7, 11) is -3.80. The van der Waals surface area contributed by atoms with Gasteiger partial charge in [-0.15, -0.1) is 11.3 Å². The third kappa shape index (κ3) is 3.25. The van der Waals surface area contributed by atoms with E-state index in [1.807, 2.05) is 47.3 Å². The van der Waals surface area contributed by atoms with E-state index < -0.39 is 22.0 Å². The monoisotopic (exact) mass is 417 g/mol. The Kier molecular flexibility index (Phi) is 4.82. The van der Waals surface area contributed by atoms with Crippen molar-refractivity contribution in [1.82, 2.24) is 14.1 Å². The van der Waals surface area contributed by atoms with E-state index in [2.05, 4.69) is 5.10 Å². The first-order valence-electron chi connectivity index (χ1n) is 8.85. The molecule has 0 fully saturated rings. The number of aliphatic carboxylic acids is 1. The van der Waals surface area contributed by atoms with E-state index in [9.17, 15) is 18.3 Å². The van der Waals surface area contributed by atoms with E-state index >= 15 is 0 Å². The van der Waals surface area contributed by atoms with Crippen molar-refractivity contribution in [2.24, 2.45) is 0 Å². The molecule has 1 aromatic carbocycles. The Morgan fingerprint density at radius 2 is 2.04 bits per heavy atom. The summed E-state index contributed by atoms with van der Waals surface area (Å²) in [5.74, 6) is -1.12. The van der Waals surface area contributed by atoms with Crippen molar-refractivity contribution < 1.29 is 18.3 Å². The van der Waals surface area contributed by atoms with Crippen molar-refractivity contribution in [3.63, 3.8) is 0 Å². The second-order valence-electron chi connectivity index (χ2n) is 6.59. The second-order valence-corrected chi connectivity index (χ2v) is 9.59. The molecular formula is C19H19N3O4S2. The van der Waals surface area contributed by atoms with E-state index in [1.54, 1.807) is 13.0 Å². The van der Waals surface area contributed by atoms with Gasteiger partial charge in [0.05, 0.1) is 22.9 Å². The SMILES string of the molecule is CCC(C(=O)O)N1Cc2sc(-c3ccn(Cc4ccccc4)n3)cc2S1(=O)=O. The van der Waals surface area contributed by atoms with Crippen LogP contribution in [0.4, 0.5) is 0 Å². The van der Waals surface area contributed by atoms with E-state index in [1.165, 1.54) is 11.3 Å². The minimum absolute atomic E-state index is 0.0951. The predicted molar refractivity (Wildman–Crippen MR) is 106 cm³/mol. The van der Waals surface area contributed by atoms with Gasteiger partial charge in [-0.2, -0.15) is 9.40 Å². The molecule has 0 aliphatic carbocycles. The van der Waals surface area contributed by atoms with Crippen molar-refractivity contribution in [3.8, 4) is 10.6 Å². The Balaban J connectivity index is 1.59. The highest BCUT2D eigenvalue weighted by atomic mass is 32.2. The topological polar surface area (TPSA) is 92.5 Å². The summed E-state index contributed by atoms with van der Waals surface area (Å²) < 4.78 is 28.5. The molecule has 0 saturated carbocycles. The molecule has 28 heavy (non-hydrogen) atoms. The fraction of sp³-hybridized carbons (Fsp3) is 0.263. The highest BCUT2D eigenvalue weighted by molar-refractivity contribution is 7.89. The third-order valence-electron chi connectivity index (χ3n) is 4.76. The fourth-order valence-corrected chi connectivity index (χ4v) is 6.71.